The zero-order chi connectivity index (χ0) is 19.8. The third-order valence-electron chi connectivity index (χ3n) is 6.86. The van der Waals surface area contributed by atoms with Crippen LogP contribution < -0.4 is 15.4 Å². The number of pyridine rings is 1. The molecule has 5 nitrogen and oxygen atoms in total. The first kappa shape index (κ1) is 18.5. The van der Waals surface area contributed by atoms with Crippen LogP contribution in [0.25, 0.3) is 0 Å². The second kappa shape index (κ2) is 7.36. The van der Waals surface area contributed by atoms with Crippen molar-refractivity contribution in [2.45, 2.75) is 51.0 Å². The van der Waals surface area contributed by atoms with Crippen molar-refractivity contribution >= 4 is 17.4 Å². The van der Waals surface area contributed by atoms with Gasteiger partial charge >= 0.3 is 0 Å². The maximum absolute atomic E-state index is 12.5. The largest absolute Gasteiger partial charge is 0.494 e. The van der Waals surface area contributed by atoms with Crippen molar-refractivity contribution in [2.24, 2.45) is 17.8 Å². The molecule has 152 valence electrons. The molecular weight excluding hydrogens is 362 g/mol. The zero-order valence-corrected chi connectivity index (χ0v) is 17.0. The topological polar surface area (TPSA) is 63.2 Å². The molecule has 0 radical (unpaired) electrons. The lowest BCUT2D eigenvalue weighted by Gasteiger charge is -2.57. The second-order valence-electron chi connectivity index (χ2n) is 9.17. The zero-order valence-electron chi connectivity index (χ0n) is 17.0. The first-order chi connectivity index (χ1) is 14.1. The second-order valence-corrected chi connectivity index (χ2v) is 9.17. The molecule has 0 aliphatic heterocycles. The summed E-state index contributed by atoms with van der Waals surface area (Å²) in [6, 6.07) is 11.2. The summed E-state index contributed by atoms with van der Waals surface area (Å²) in [4.78, 5) is 17.1. The molecule has 29 heavy (non-hydrogen) atoms. The summed E-state index contributed by atoms with van der Waals surface area (Å²) in [5, 5.41) is 6.71. The van der Waals surface area contributed by atoms with Crippen LogP contribution in [-0.2, 0) is 0 Å². The lowest BCUT2D eigenvalue weighted by atomic mass is 9.53. The molecule has 5 heteroatoms. The molecule has 0 unspecified atom stereocenters. The lowest BCUT2D eigenvalue weighted by molar-refractivity contribution is 0.0105. The maximum atomic E-state index is 12.5. The standard InChI is InChI=1S/C24H29N3O2/c1-2-29-21-5-3-4-19(11-21)23(28)26-20-6-7-22(25-15-20)27-24-12-16-8-17(13-24)10-18(9-16)14-24/h3-7,11,15-18H,2,8-10,12-14H2,1H3,(H,25,27)(H,26,28). The molecule has 1 aromatic heterocycles. The fourth-order valence-electron chi connectivity index (χ4n) is 6.17. The van der Waals surface area contributed by atoms with E-state index in [0.29, 0.717) is 23.6 Å². The van der Waals surface area contributed by atoms with Gasteiger partial charge in [-0.2, -0.15) is 0 Å². The van der Waals surface area contributed by atoms with Crippen LogP contribution in [0.2, 0.25) is 0 Å². The van der Waals surface area contributed by atoms with Crippen LogP contribution in [0.4, 0.5) is 11.5 Å². The van der Waals surface area contributed by atoms with Gasteiger partial charge in [0.25, 0.3) is 5.91 Å². The SMILES string of the molecule is CCOc1cccc(C(=O)Nc2ccc(NC34CC5CC(CC(C5)C3)C4)nc2)c1. The summed E-state index contributed by atoms with van der Waals surface area (Å²) >= 11 is 0. The highest BCUT2D eigenvalue weighted by atomic mass is 16.5. The average molecular weight is 392 g/mol. The molecular formula is C24H29N3O2. The monoisotopic (exact) mass is 391 g/mol. The van der Waals surface area contributed by atoms with E-state index >= 15 is 0 Å². The molecule has 2 N–H and O–H groups in total. The van der Waals surface area contributed by atoms with Gasteiger partial charge < -0.3 is 15.4 Å². The molecule has 4 fully saturated rings. The molecule has 4 aliphatic rings. The van der Waals surface area contributed by atoms with Gasteiger partial charge in [0.2, 0.25) is 0 Å². The quantitative estimate of drug-likeness (QED) is 0.718. The molecule has 1 amide bonds. The predicted molar refractivity (Wildman–Crippen MR) is 114 cm³/mol. The Bertz CT molecular complexity index is 858. The van der Waals surface area contributed by atoms with Crippen LogP contribution in [0.3, 0.4) is 0 Å². The highest BCUT2D eigenvalue weighted by Gasteiger charge is 2.51. The van der Waals surface area contributed by atoms with E-state index in [0.717, 1.165) is 23.6 Å². The number of carbonyl (C=O) groups is 1. The van der Waals surface area contributed by atoms with Crippen LogP contribution in [-0.4, -0.2) is 23.0 Å². The average Bonchev–Trinajstić information content (AvgIpc) is 2.69. The Labute approximate surface area is 172 Å². The highest BCUT2D eigenvalue weighted by Crippen LogP contribution is 2.56. The minimum Gasteiger partial charge on any atom is -0.494 e. The number of nitrogens with one attached hydrogen (secondary N) is 2. The van der Waals surface area contributed by atoms with Gasteiger partial charge in [0.15, 0.2) is 0 Å². The molecule has 6 rings (SSSR count). The molecule has 4 bridgehead atoms. The van der Waals surface area contributed by atoms with Gasteiger partial charge in [-0.05, 0) is 93.5 Å². The Morgan fingerprint density at radius 1 is 1.10 bits per heavy atom. The van der Waals surface area contributed by atoms with Gasteiger partial charge in [-0.15, -0.1) is 0 Å². The minimum atomic E-state index is -0.157. The number of rotatable bonds is 6. The number of hydrogen-bond acceptors (Lipinski definition) is 4. The van der Waals surface area contributed by atoms with E-state index in [4.69, 9.17) is 4.74 Å². The first-order valence-corrected chi connectivity index (χ1v) is 10.9. The normalized spacial score (nSPS) is 29.5. The van der Waals surface area contributed by atoms with Gasteiger partial charge in [-0.1, -0.05) is 6.07 Å². The van der Waals surface area contributed by atoms with Crippen molar-refractivity contribution in [2.75, 3.05) is 17.2 Å². The molecule has 1 heterocycles. The molecule has 4 saturated carbocycles. The number of aromatic nitrogens is 1. The Kier molecular flexibility index (Phi) is 4.69. The fraction of sp³-hybridized carbons (Fsp3) is 0.500. The summed E-state index contributed by atoms with van der Waals surface area (Å²) in [6.45, 7) is 2.50. The number of nitrogens with zero attached hydrogens (tertiary/aromatic N) is 1. The van der Waals surface area contributed by atoms with Gasteiger partial charge in [0.1, 0.15) is 11.6 Å². The van der Waals surface area contributed by atoms with Gasteiger partial charge in [0.05, 0.1) is 18.5 Å². The summed E-state index contributed by atoms with van der Waals surface area (Å²) in [6.07, 6.45) is 9.91. The van der Waals surface area contributed by atoms with Crippen LogP contribution in [0.15, 0.2) is 42.6 Å². The van der Waals surface area contributed by atoms with Crippen LogP contribution >= 0.6 is 0 Å². The third kappa shape index (κ3) is 3.83. The Hall–Kier alpha value is -2.56. The van der Waals surface area contributed by atoms with Crippen molar-refractivity contribution in [3.05, 3.63) is 48.2 Å². The molecule has 0 atom stereocenters. The first-order valence-electron chi connectivity index (χ1n) is 10.9. The van der Waals surface area contributed by atoms with Crippen LogP contribution in [0.1, 0.15) is 55.8 Å². The predicted octanol–water partition coefficient (Wildman–Crippen LogP) is 5.11. The number of hydrogen-bond donors (Lipinski definition) is 2. The van der Waals surface area contributed by atoms with Gasteiger partial charge in [-0.3, -0.25) is 4.79 Å². The molecule has 1 aromatic carbocycles. The van der Waals surface area contributed by atoms with Gasteiger partial charge in [0, 0.05) is 11.1 Å². The number of benzene rings is 1. The highest BCUT2D eigenvalue weighted by molar-refractivity contribution is 6.04. The van der Waals surface area contributed by atoms with Crippen molar-refractivity contribution < 1.29 is 9.53 Å². The van der Waals surface area contributed by atoms with Crippen LogP contribution in [0, 0.1) is 17.8 Å². The Balaban J connectivity index is 1.24. The maximum Gasteiger partial charge on any atom is 0.255 e. The van der Waals surface area contributed by atoms with Crippen molar-refractivity contribution in [1.82, 2.24) is 4.98 Å². The van der Waals surface area contributed by atoms with E-state index in [2.05, 4.69) is 15.6 Å². The Morgan fingerprint density at radius 2 is 1.83 bits per heavy atom. The molecule has 4 aliphatic carbocycles. The third-order valence-corrected chi connectivity index (χ3v) is 6.86. The summed E-state index contributed by atoms with van der Waals surface area (Å²) in [7, 11) is 0. The van der Waals surface area contributed by atoms with Crippen LogP contribution in [0.5, 0.6) is 5.75 Å². The smallest absolute Gasteiger partial charge is 0.255 e. The van der Waals surface area contributed by atoms with E-state index < -0.39 is 0 Å². The molecule has 2 aromatic rings. The summed E-state index contributed by atoms with van der Waals surface area (Å²) < 4.78 is 5.48. The number of anilines is 2. The molecule has 0 spiro atoms. The summed E-state index contributed by atoms with van der Waals surface area (Å²) in [5.41, 5.74) is 1.52. The summed E-state index contributed by atoms with van der Waals surface area (Å²) in [5.74, 6) is 4.17. The number of amides is 1. The van der Waals surface area contributed by atoms with E-state index in [1.165, 1.54) is 38.5 Å². The fourth-order valence-corrected chi connectivity index (χ4v) is 6.17. The van der Waals surface area contributed by atoms with E-state index in [-0.39, 0.29) is 11.4 Å². The van der Waals surface area contributed by atoms with Crippen molar-refractivity contribution in [3.63, 3.8) is 0 Å². The number of ether oxygens (including phenoxy) is 1. The van der Waals surface area contributed by atoms with Crippen molar-refractivity contribution in [3.8, 4) is 5.75 Å². The lowest BCUT2D eigenvalue weighted by Crippen LogP contribution is -2.54. The van der Waals surface area contributed by atoms with E-state index in [1.807, 2.05) is 31.2 Å². The Morgan fingerprint density at radius 3 is 2.45 bits per heavy atom. The van der Waals surface area contributed by atoms with Gasteiger partial charge in [-0.25, -0.2) is 4.98 Å². The van der Waals surface area contributed by atoms with E-state index in [9.17, 15) is 4.79 Å². The number of carbonyl (C=O) groups excluding carboxylic acids is 1. The van der Waals surface area contributed by atoms with E-state index in [1.54, 1.807) is 18.3 Å². The molecule has 0 saturated heterocycles. The van der Waals surface area contributed by atoms with Crippen molar-refractivity contribution in [1.29, 1.82) is 0 Å². The minimum absolute atomic E-state index is 0.157.